The summed E-state index contributed by atoms with van der Waals surface area (Å²) in [5, 5.41) is 0. The second-order valence-corrected chi connectivity index (χ2v) is 2.93. The average Bonchev–Trinajstić information content (AvgIpc) is 2.08. The van der Waals surface area contributed by atoms with Crippen LogP contribution in [0.4, 0.5) is 0 Å². The maximum absolute atomic E-state index is 10.6. The standard InChI is InChI=1S/C10H14O3/c1-3-4-9-5-6-10(7-12-9)13-8(2)11/h3,5-6,9-10H,1,4,7H2,2H3. The second-order valence-electron chi connectivity index (χ2n) is 2.93. The lowest BCUT2D eigenvalue weighted by Crippen LogP contribution is -2.27. The first-order chi connectivity index (χ1) is 6.22. The van der Waals surface area contributed by atoms with Crippen molar-refractivity contribution in [3.63, 3.8) is 0 Å². The summed E-state index contributed by atoms with van der Waals surface area (Å²) in [6.07, 6.45) is 6.23. The Morgan fingerprint density at radius 2 is 2.54 bits per heavy atom. The van der Waals surface area contributed by atoms with E-state index in [4.69, 9.17) is 9.47 Å². The first-order valence-corrected chi connectivity index (χ1v) is 4.30. The molecule has 2 unspecified atom stereocenters. The Bertz CT molecular complexity index is 220. The predicted molar refractivity (Wildman–Crippen MR) is 49.2 cm³/mol. The summed E-state index contributed by atoms with van der Waals surface area (Å²) < 4.78 is 10.3. The van der Waals surface area contributed by atoms with Crippen molar-refractivity contribution in [3.8, 4) is 0 Å². The van der Waals surface area contributed by atoms with Gasteiger partial charge in [-0.2, -0.15) is 0 Å². The van der Waals surface area contributed by atoms with Crippen molar-refractivity contribution in [2.45, 2.75) is 25.6 Å². The van der Waals surface area contributed by atoms with Crippen molar-refractivity contribution in [2.75, 3.05) is 6.61 Å². The van der Waals surface area contributed by atoms with Crippen molar-refractivity contribution in [3.05, 3.63) is 24.8 Å². The maximum atomic E-state index is 10.6. The highest BCUT2D eigenvalue weighted by Gasteiger charge is 2.16. The van der Waals surface area contributed by atoms with Gasteiger partial charge in [0.05, 0.1) is 12.7 Å². The fourth-order valence-corrected chi connectivity index (χ4v) is 1.17. The van der Waals surface area contributed by atoms with Crippen molar-refractivity contribution < 1.29 is 14.3 Å². The molecule has 3 nitrogen and oxygen atoms in total. The van der Waals surface area contributed by atoms with Gasteiger partial charge >= 0.3 is 5.97 Å². The van der Waals surface area contributed by atoms with Crippen LogP contribution in [0.1, 0.15) is 13.3 Å². The monoisotopic (exact) mass is 182 g/mol. The molecule has 0 aliphatic carbocycles. The summed E-state index contributed by atoms with van der Waals surface area (Å²) in [6.45, 7) is 5.45. The van der Waals surface area contributed by atoms with E-state index in [2.05, 4.69) is 6.58 Å². The molecule has 72 valence electrons. The number of hydrogen-bond acceptors (Lipinski definition) is 3. The quantitative estimate of drug-likeness (QED) is 0.489. The highest BCUT2D eigenvalue weighted by Crippen LogP contribution is 2.11. The number of carbonyl (C=O) groups excluding carboxylic acids is 1. The van der Waals surface area contributed by atoms with Gasteiger partial charge in [-0.15, -0.1) is 6.58 Å². The molecule has 0 radical (unpaired) electrons. The summed E-state index contributed by atoms with van der Waals surface area (Å²) in [5.41, 5.74) is 0. The molecule has 3 heteroatoms. The predicted octanol–water partition coefficient (Wildman–Crippen LogP) is 1.45. The molecule has 2 atom stereocenters. The SMILES string of the molecule is C=CCC1C=CC(OC(C)=O)CO1. The molecule has 0 aromatic carbocycles. The van der Waals surface area contributed by atoms with Gasteiger partial charge in [0.1, 0.15) is 6.10 Å². The Kier molecular flexibility index (Phi) is 3.71. The zero-order valence-corrected chi connectivity index (χ0v) is 7.73. The minimum absolute atomic E-state index is 0.0873. The highest BCUT2D eigenvalue weighted by molar-refractivity contribution is 5.66. The number of ether oxygens (including phenoxy) is 2. The molecule has 0 saturated carbocycles. The third-order valence-electron chi connectivity index (χ3n) is 1.73. The lowest BCUT2D eigenvalue weighted by molar-refractivity contribution is -0.147. The van der Waals surface area contributed by atoms with Gasteiger partial charge in [-0.1, -0.05) is 12.2 Å². The lowest BCUT2D eigenvalue weighted by atomic mass is 10.1. The van der Waals surface area contributed by atoms with E-state index in [-0.39, 0.29) is 18.2 Å². The van der Waals surface area contributed by atoms with E-state index < -0.39 is 0 Å². The van der Waals surface area contributed by atoms with Gasteiger partial charge in [0.15, 0.2) is 0 Å². The molecule has 0 amide bonds. The van der Waals surface area contributed by atoms with Gasteiger partial charge in [0.25, 0.3) is 0 Å². The first-order valence-electron chi connectivity index (χ1n) is 4.30. The number of carbonyl (C=O) groups is 1. The zero-order chi connectivity index (χ0) is 9.68. The average molecular weight is 182 g/mol. The minimum Gasteiger partial charge on any atom is -0.456 e. The maximum Gasteiger partial charge on any atom is 0.303 e. The van der Waals surface area contributed by atoms with Gasteiger partial charge in [0.2, 0.25) is 0 Å². The number of esters is 1. The third kappa shape index (κ3) is 3.42. The van der Waals surface area contributed by atoms with E-state index in [1.807, 2.05) is 12.2 Å². The summed E-state index contributed by atoms with van der Waals surface area (Å²) in [7, 11) is 0. The van der Waals surface area contributed by atoms with E-state index in [0.29, 0.717) is 6.61 Å². The number of hydrogen-bond donors (Lipinski definition) is 0. The van der Waals surface area contributed by atoms with Crippen LogP contribution in [0, 0.1) is 0 Å². The molecular weight excluding hydrogens is 168 g/mol. The van der Waals surface area contributed by atoms with E-state index in [9.17, 15) is 4.79 Å². The van der Waals surface area contributed by atoms with Gasteiger partial charge < -0.3 is 9.47 Å². The first kappa shape index (κ1) is 9.99. The normalized spacial score (nSPS) is 26.8. The zero-order valence-electron chi connectivity index (χ0n) is 7.73. The van der Waals surface area contributed by atoms with Crippen LogP contribution in [-0.4, -0.2) is 24.8 Å². The molecule has 0 bridgehead atoms. The van der Waals surface area contributed by atoms with Gasteiger partial charge in [0, 0.05) is 6.92 Å². The van der Waals surface area contributed by atoms with E-state index >= 15 is 0 Å². The fourth-order valence-electron chi connectivity index (χ4n) is 1.17. The van der Waals surface area contributed by atoms with E-state index in [1.165, 1.54) is 6.92 Å². The van der Waals surface area contributed by atoms with Crippen LogP contribution < -0.4 is 0 Å². The summed E-state index contributed by atoms with van der Waals surface area (Å²) >= 11 is 0. The van der Waals surface area contributed by atoms with E-state index in [1.54, 1.807) is 6.08 Å². The molecule has 1 rings (SSSR count). The van der Waals surface area contributed by atoms with Crippen LogP contribution in [0.15, 0.2) is 24.8 Å². The summed E-state index contributed by atoms with van der Waals surface area (Å²) in [4.78, 5) is 10.6. The van der Waals surface area contributed by atoms with Crippen LogP contribution in [0.3, 0.4) is 0 Å². The highest BCUT2D eigenvalue weighted by atomic mass is 16.6. The molecule has 1 aliphatic heterocycles. The van der Waals surface area contributed by atoms with Crippen LogP contribution in [-0.2, 0) is 14.3 Å². The summed E-state index contributed by atoms with van der Waals surface area (Å²) in [6, 6.07) is 0. The molecule has 0 spiro atoms. The Morgan fingerprint density at radius 1 is 1.77 bits per heavy atom. The van der Waals surface area contributed by atoms with Crippen LogP contribution >= 0.6 is 0 Å². The smallest absolute Gasteiger partial charge is 0.303 e. The largest absolute Gasteiger partial charge is 0.456 e. The molecule has 1 heterocycles. The van der Waals surface area contributed by atoms with Crippen molar-refractivity contribution in [1.82, 2.24) is 0 Å². The Balaban J connectivity index is 2.37. The van der Waals surface area contributed by atoms with Gasteiger partial charge in [-0.25, -0.2) is 0 Å². The molecule has 0 fully saturated rings. The Morgan fingerprint density at radius 3 is 3.00 bits per heavy atom. The van der Waals surface area contributed by atoms with Crippen molar-refractivity contribution in [1.29, 1.82) is 0 Å². The van der Waals surface area contributed by atoms with Crippen molar-refractivity contribution >= 4 is 5.97 Å². The molecule has 0 saturated heterocycles. The Hall–Kier alpha value is -1.09. The molecule has 13 heavy (non-hydrogen) atoms. The molecule has 0 aromatic heterocycles. The summed E-state index contributed by atoms with van der Waals surface area (Å²) in [5.74, 6) is -0.277. The Labute approximate surface area is 78.0 Å². The van der Waals surface area contributed by atoms with E-state index in [0.717, 1.165) is 6.42 Å². The number of rotatable bonds is 3. The molecule has 1 aliphatic rings. The fraction of sp³-hybridized carbons (Fsp3) is 0.500. The van der Waals surface area contributed by atoms with Crippen molar-refractivity contribution in [2.24, 2.45) is 0 Å². The topological polar surface area (TPSA) is 35.5 Å². The van der Waals surface area contributed by atoms with Gasteiger partial charge in [-0.05, 0) is 12.5 Å². The van der Waals surface area contributed by atoms with Crippen LogP contribution in [0.2, 0.25) is 0 Å². The third-order valence-corrected chi connectivity index (χ3v) is 1.73. The molecular formula is C10H14O3. The van der Waals surface area contributed by atoms with Crippen LogP contribution in [0.25, 0.3) is 0 Å². The molecule has 0 N–H and O–H groups in total. The molecule has 0 aromatic rings. The lowest BCUT2D eigenvalue weighted by Gasteiger charge is -2.22. The van der Waals surface area contributed by atoms with Gasteiger partial charge in [-0.3, -0.25) is 4.79 Å². The minimum atomic E-state index is -0.277. The second kappa shape index (κ2) is 4.82. The van der Waals surface area contributed by atoms with Crippen LogP contribution in [0.5, 0.6) is 0 Å².